The lowest BCUT2D eigenvalue weighted by Crippen LogP contribution is -2.41. The van der Waals surface area contributed by atoms with Gasteiger partial charge >= 0.3 is 5.97 Å². The van der Waals surface area contributed by atoms with Crippen molar-refractivity contribution >= 4 is 33.4 Å². The van der Waals surface area contributed by atoms with Gasteiger partial charge in [0.15, 0.2) is 6.61 Å². The van der Waals surface area contributed by atoms with Crippen LogP contribution >= 0.6 is 11.3 Å². The molecule has 1 fully saturated rings. The molecule has 6 heteroatoms. The van der Waals surface area contributed by atoms with E-state index in [2.05, 4.69) is 6.07 Å². The first kappa shape index (κ1) is 16.6. The van der Waals surface area contributed by atoms with Gasteiger partial charge in [0.05, 0.1) is 15.2 Å². The Morgan fingerprint density at radius 1 is 1.42 bits per heavy atom. The molecule has 0 aliphatic carbocycles. The molecular weight excluding hydrogens is 324 g/mol. The van der Waals surface area contributed by atoms with Gasteiger partial charge in [-0.15, -0.1) is 11.3 Å². The van der Waals surface area contributed by atoms with E-state index in [9.17, 15) is 9.59 Å². The maximum atomic E-state index is 12.3. The molecule has 0 unspecified atom stereocenters. The lowest BCUT2D eigenvalue weighted by molar-refractivity contribution is -0.148. The van der Waals surface area contributed by atoms with Crippen LogP contribution in [0.4, 0.5) is 0 Å². The van der Waals surface area contributed by atoms with E-state index in [0.29, 0.717) is 13.1 Å². The number of para-hydroxylation sites is 1. The number of rotatable bonds is 4. The van der Waals surface area contributed by atoms with Gasteiger partial charge in [0.25, 0.3) is 5.91 Å². The minimum atomic E-state index is -0.481. The van der Waals surface area contributed by atoms with E-state index in [4.69, 9.17) is 9.72 Å². The zero-order valence-electron chi connectivity index (χ0n) is 13.6. The molecule has 1 aliphatic rings. The maximum Gasteiger partial charge on any atom is 0.330 e. The molecule has 1 atom stereocenters. The summed E-state index contributed by atoms with van der Waals surface area (Å²) in [5.74, 6) is -0.365. The molecule has 2 aromatic rings. The van der Waals surface area contributed by atoms with Crippen molar-refractivity contribution < 1.29 is 14.3 Å². The van der Waals surface area contributed by atoms with Gasteiger partial charge in [0.1, 0.15) is 0 Å². The Bertz CT molecular complexity index is 735. The van der Waals surface area contributed by atoms with Crippen LogP contribution in [0.2, 0.25) is 0 Å². The number of allylic oxidation sites excluding steroid dienone is 1. The molecule has 2 heterocycles. The Morgan fingerprint density at radius 2 is 2.25 bits per heavy atom. The first-order chi connectivity index (χ1) is 11.7. The predicted octanol–water partition coefficient (Wildman–Crippen LogP) is 3.12. The molecule has 1 aromatic carbocycles. The number of benzene rings is 1. The van der Waals surface area contributed by atoms with Gasteiger partial charge in [-0.1, -0.05) is 18.2 Å². The number of fused-ring (bicyclic) bond motifs is 1. The average molecular weight is 344 g/mol. The standard InChI is InChI=1S/C18H20N2O3S/c1-2-6-17(22)23-12-16(21)20-10-5-7-13(11-20)18-19-14-8-3-4-9-15(14)24-18/h2-4,6,8-9,13H,5,7,10-12H2,1H3/b6-2+/t13-/m1/s1. The monoisotopic (exact) mass is 344 g/mol. The number of piperidine rings is 1. The highest BCUT2D eigenvalue weighted by atomic mass is 32.1. The number of aromatic nitrogens is 1. The smallest absolute Gasteiger partial charge is 0.330 e. The lowest BCUT2D eigenvalue weighted by Gasteiger charge is -2.31. The predicted molar refractivity (Wildman–Crippen MR) is 93.9 cm³/mol. The largest absolute Gasteiger partial charge is 0.452 e. The van der Waals surface area contributed by atoms with Gasteiger partial charge in [-0.25, -0.2) is 9.78 Å². The summed E-state index contributed by atoms with van der Waals surface area (Å²) in [6.07, 6.45) is 4.88. The Hall–Kier alpha value is -2.21. The molecule has 0 N–H and O–H groups in total. The van der Waals surface area contributed by atoms with Crippen molar-refractivity contribution in [3.63, 3.8) is 0 Å². The van der Waals surface area contributed by atoms with E-state index in [1.165, 1.54) is 10.8 Å². The molecule has 1 saturated heterocycles. The fourth-order valence-corrected chi connectivity index (χ4v) is 3.97. The number of carbonyl (C=O) groups is 2. The number of nitrogens with zero attached hydrogens (tertiary/aromatic N) is 2. The molecular formula is C18H20N2O3S. The number of ether oxygens (including phenoxy) is 1. The van der Waals surface area contributed by atoms with Crippen molar-refractivity contribution in [3.8, 4) is 0 Å². The summed E-state index contributed by atoms with van der Waals surface area (Å²) in [7, 11) is 0. The first-order valence-electron chi connectivity index (χ1n) is 8.10. The molecule has 1 aliphatic heterocycles. The van der Waals surface area contributed by atoms with Crippen molar-refractivity contribution in [2.45, 2.75) is 25.7 Å². The third kappa shape index (κ3) is 3.82. The number of hydrogen-bond acceptors (Lipinski definition) is 5. The summed E-state index contributed by atoms with van der Waals surface area (Å²) in [6.45, 7) is 2.88. The van der Waals surface area contributed by atoms with Crippen LogP contribution in [0.5, 0.6) is 0 Å². The highest BCUT2D eigenvalue weighted by Gasteiger charge is 2.27. The summed E-state index contributed by atoms with van der Waals surface area (Å²) in [5.41, 5.74) is 1.02. The second-order valence-corrected chi connectivity index (χ2v) is 6.87. The molecule has 0 spiro atoms. The van der Waals surface area contributed by atoms with Crippen LogP contribution in [0.1, 0.15) is 30.7 Å². The molecule has 24 heavy (non-hydrogen) atoms. The third-order valence-corrected chi connectivity index (χ3v) is 5.27. The second kappa shape index (κ2) is 7.57. The molecule has 1 amide bonds. The van der Waals surface area contributed by atoms with E-state index in [1.807, 2.05) is 18.2 Å². The van der Waals surface area contributed by atoms with Gasteiger partial charge in [-0.05, 0) is 31.9 Å². The second-order valence-electron chi connectivity index (χ2n) is 5.81. The summed E-state index contributed by atoms with van der Waals surface area (Å²) >= 11 is 1.70. The molecule has 5 nitrogen and oxygen atoms in total. The van der Waals surface area contributed by atoms with Crippen LogP contribution in [-0.2, 0) is 14.3 Å². The van der Waals surface area contributed by atoms with Crippen LogP contribution in [0, 0.1) is 0 Å². The molecule has 1 aromatic heterocycles. The van der Waals surface area contributed by atoms with Crippen LogP contribution in [0.25, 0.3) is 10.2 Å². The first-order valence-corrected chi connectivity index (χ1v) is 8.91. The Kier molecular flexibility index (Phi) is 5.25. The number of carbonyl (C=O) groups excluding carboxylic acids is 2. The zero-order valence-corrected chi connectivity index (χ0v) is 14.4. The van der Waals surface area contributed by atoms with E-state index in [-0.39, 0.29) is 18.4 Å². The quantitative estimate of drug-likeness (QED) is 0.632. The minimum absolute atomic E-state index is 0.140. The van der Waals surface area contributed by atoms with Crippen LogP contribution in [-0.4, -0.2) is 41.5 Å². The van der Waals surface area contributed by atoms with Crippen molar-refractivity contribution in [1.29, 1.82) is 0 Å². The maximum absolute atomic E-state index is 12.3. The fourth-order valence-electron chi connectivity index (χ4n) is 2.88. The molecule has 0 saturated carbocycles. The van der Waals surface area contributed by atoms with Gasteiger partial charge < -0.3 is 9.64 Å². The molecule has 0 bridgehead atoms. The summed E-state index contributed by atoms with van der Waals surface area (Å²) in [4.78, 5) is 30.1. The topological polar surface area (TPSA) is 59.5 Å². The zero-order chi connectivity index (χ0) is 16.9. The summed E-state index contributed by atoms with van der Waals surface area (Å²) in [5, 5.41) is 1.08. The Morgan fingerprint density at radius 3 is 3.04 bits per heavy atom. The Balaban J connectivity index is 1.63. The highest BCUT2D eigenvalue weighted by Crippen LogP contribution is 2.32. The third-order valence-electron chi connectivity index (χ3n) is 4.07. The van der Waals surface area contributed by atoms with Crippen molar-refractivity contribution in [2.75, 3.05) is 19.7 Å². The minimum Gasteiger partial charge on any atom is -0.452 e. The van der Waals surface area contributed by atoms with Crippen LogP contribution < -0.4 is 0 Å². The summed E-state index contributed by atoms with van der Waals surface area (Å²) in [6, 6.07) is 8.09. The van der Waals surface area contributed by atoms with Gasteiger partial charge in [0, 0.05) is 25.1 Å². The highest BCUT2D eigenvalue weighted by molar-refractivity contribution is 7.18. The fraction of sp³-hybridized carbons (Fsp3) is 0.389. The van der Waals surface area contributed by atoms with Crippen LogP contribution in [0.15, 0.2) is 36.4 Å². The number of amides is 1. The SMILES string of the molecule is C/C=C/C(=O)OCC(=O)N1CCC[C@@H](c2nc3ccccc3s2)C1. The van der Waals surface area contributed by atoms with Gasteiger partial charge in [0.2, 0.25) is 0 Å². The molecule has 0 radical (unpaired) electrons. The Labute approximate surface area is 144 Å². The van der Waals surface area contributed by atoms with E-state index in [1.54, 1.807) is 29.2 Å². The lowest BCUT2D eigenvalue weighted by atomic mass is 9.99. The van der Waals surface area contributed by atoms with Gasteiger partial charge in [-0.3, -0.25) is 4.79 Å². The number of thiazole rings is 1. The van der Waals surface area contributed by atoms with E-state index in [0.717, 1.165) is 23.4 Å². The van der Waals surface area contributed by atoms with E-state index < -0.39 is 5.97 Å². The number of hydrogen-bond donors (Lipinski definition) is 0. The number of esters is 1. The van der Waals surface area contributed by atoms with Crippen LogP contribution in [0.3, 0.4) is 0 Å². The molecule has 3 rings (SSSR count). The molecule has 126 valence electrons. The average Bonchev–Trinajstić information content (AvgIpc) is 3.04. The number of likely N-dealkylation sites (tertiary alicyclic amines) is 1. The van der Waals surface area contributed by atoms with Crippen molar-refractivity contribution in [1.82, 2.24) is 9.88 Å². The van der Waals surface area contributed by atoms with Gasteiger partial charge in [-0.2, -0.15) is 0 Å². The van der Waals surface area contributed by atoms with E-state index >= 15 is 0 Å². The van der Waals surface area contributed by atoms with Crippen molar-refractivity contribution in [3.05, 3.63) is 41.4 Å². The van der Waals surface area contributed by atoms with Crippen molar-refractivity contribution in [2.24, 2.45) is 0 Å². The summed E-state index contributed by atoms with van der Waals surface area (Å²) < 4.78 is 6.13. The normalized spacial score (nSPS) is 18.2.